The van der Waals surface area contributed by atoms with Crippen LogP contribution < -0.4 is 10.1 Å². The molecule has 1 aromatic carbocycles. The normalized spacial score (nSPS) is 18.8. The van der Waals surface area contributed by atoms with E-state index in [1.807, 2.05) is 36.6 Å². The first-order valence-electron chi connectivity index (χ1n) is 10.6. The lowest BCUT2D eigenvalue weighted by Crippen LogP contribution is -2.41. The van der Waals surface area contributed by atoms with Crippen molar-refractivity contribution in [3.63, 3.8) is 0 Å². The minimum atomic E-state index is 0.0558. The number of nitrogens with zero attached hydrogens (tertiary/aromatic N) is 3. The van der Waals surface area contributed by atoms with Gasteiger partial charge in [-0.15, -0.1) is 16.8 Å². The van der Waals surface area contributed by atoms with Crippen molar-refractivity contribution in [2.24, 2.45) is 5.92 Å². The van der Waals surface area contributed by atoms with E-state index in [9.17, 15) is 4.79 Å². The Bertz CT molecular complexity index is 860. The maximum Gasteiger partial charge on any atom is 0.230 e. The molecule has 0 radical (unpaired) electrons. The summed E-state index contributed by atoms with van der Waals surface area (Å²) in [6.07, 6.45) is 6.53. The van der Waals surface area contributed by atoms with Crippen LogP contribution in [0.25, 0.3) is 0 Å². The minimum Gasteiger partial charge on any atom is -0.485 e. The van der Waals surface area contributed by atoms with Gasteiger partial charge in [0.25, 0.3) is 0 Å². The quantitative estimate of drug-likeness (QED) is 0.472. The Morgan fingerprint density at radius 3 is 2.73 bits per heavy atom. The van der Waals surface area contributed by atoms with Crippen LogP contribution in [0.4, 0.5) is 0 Å². The van der Waals surface area contributed by atoms with Gasteiger partial charge in [-0.25, -0.2) is 0 Å². The van der Waals surface area contributed by atoms with E-state index in [-0.39, 0.29) is 5.91 Å². The summed E-state index contributed by atoms with van der Waals surface area (Å²) in [5, 5.41) is 12.5. The van der Waals surface area contributed by atoms with Gasteiger partial charge in [-0.2, -0.15) is 0 Å². The number of aryl methyl sites for hydroxylation is 2. The largest absolute Gasteiger partial charge is 0.485 e. The third-order valence-corrected chi connectivity index (χ3v) is 6.62. The van der Waals surface area contributed by atoms with Gasteiger partial charge in [-0.1, -0.05) is 55.8 Å². The molecule has 1 amide bonds. The highest BCUT2D eigenvalue weighted by Gasteiger charge is 2.23. The smallest absolute Gasteiger partial charge is 0.230 e. The summed E-state index contributed by atoms with van der Waals surface area (Å²) in [5.41, 5.74) is 2.18. The summed E-state index contributed by atoms with van der Waals surface area (Å²) in [4.78, 5) is 12.5. The van der Waals surface area contributed by atoms with Gasteiger partial charge in [0.2, 0.25) is 5.91 Å². The van der Waals surface area contributed by atoms with E-state index in [2.05, 4.69) is 29.0 Å². The molecule has 1 heterocycles. The monoisotopic (exact) mass is 428 g/mol. The number of carbonyl (C=O) groups is 1. The molecule has 0 spiro atoms. The first-order chi connectivity index (χ1) is 14.5. The van der Waals surface area contributed by atoms with E-state index in [0.29, 0.717) is 36.0 Å². The van der Waals surface area contributed by atoms with Gasteiger partial charge in [0.15, 0.2) is 11.0 Å². The summed E-state index contributed by atoms with van der Waals surface area (Å²) in [6.45, 7) is 11.0. The topological polar surface area (TPSA) is 69.0 Å². The molecule has 1 aliphatic rings. The highest BCUT2D eigenvalue weighted by Crippen LogP contribution is 2.25. The Balaban J connectivity index is 1.61. The van der Waals surface area contributed by atoms with Gasteiger partial charge in [0.1, 0.15) is 12.4 Å². The maximum absolute atomic E-state index is 12.5. The summed E-state index contributed by atoms with van der Waals surface area (Å²) < 4.78 is 8.01. The number of nitrogens with one attached hydrogen (secondary N) is 1. The predicted octanol–water partition coefficient (Wildman–Crippen LogP) is 4.45. The average Bonchev–Trinajstić information content (AvgIpc) is 3.10. The lowest BCUT2D eigenvalue weighted by molar-refractivity contribution is -0.119. The second kappa shape index (κ2) is 10.7. The first kappa shape index (κ1) is 22.4. The van der Waals surface area contributed by atoms with E-state index < -0.39 is 0 Å². The van der Waals surface area contributed by atoms with Crippen LogP contribution in [0.5, 0.6) is 5.75 Å². The van der Waals surface area contributed by atoms with Crippen LogP contribution in [0.15, 0.2) is 36.0 Å². The molecule has 7 heteroatoms. The Labute approximate surface area is 183 Å². The average molecular weight is 429 g/mol. The molecule has 1 saturated carbocycles. The zero-order chi connectivity index (χ0) is 21.5. The van der Waals surface area contributed by atoms with Crippen molar-refractivity contribution in [1.29, 1.82) is 0 Å². The van der Waals surface area contributed by atoms with Crippen molar-refractivity contribution < 1.29 is 9.53 Å². The molecule has 1 N–H and O–H groups in total. The maximum atomic E-state index is 12.5. The molecule has 162 valence electrons. The fourth-order valence-electron chi connectivity index (χ4n) is 3.92. The van der Waals surface area contributed by atoms with Gasteiger partial charge in [0, 0.05) is 12.6 Å². The highest BCUT2D eigenvalue weighted by molar-refractivity contribution is 7.99. The number of benzene rings is 1. The van der Waals surface area contributed by atoms with Crippen molar-refractivity contribution in [2.75, 3.05) is 5.75 Å². The highest BCUT2D eigenvalue weighted by atomic mass is 32.2. The molecule has 1 fully saturated rings. The zero-order valence-electron chi connectivity index (χ0n) is 18.2. The molecule has 0 bridgehead atoms. The summed E-state index contributed by atoms with van der Waals surface area (Å²) in [7, 11) is 0. The molecule has 1 aromatic heterocycles. The van der Waals surface area contributed by atoms with E-state index in [4.69, 9.17) is 4.74 Å². The second-order valence-electron chi connectivity index (χ2n) is 8.03. The third kappa shape index (κ3) is 5.65. The number of para-hydroxylation sites is 1. The van der Waals surface area contributed by atoms with Crippen molar-refractivity contribution in [3.8, 4) is 5.75 Å². The van der Waals surface area contributed by atoms with Crippen molar-refractivity contribution in [3.05, 3.63) is 47.8 Å². The molecular weight excluding hydrogens is 396 g/mol. The molecule has 2 aromatic rings. The van der Waals surface area contributed by atoms with Crippen LogP contribution in [0.3, 0.4) is 0 Å². The number of allylic oxidation sites excluding steroid dienone is 1. The van der Waals surface area contributed by atoms with Gasteiger partial charge in [-0.3, -0.25) is 9.36 Å². The molecule has 6 nitrogen and oxygen atoms in total. The van der Waals surface area contributed by atoms with E-state index in [1.165, 1.54) is 31.0 Å². The van der Waals surface area contributed by atoms with Crippen LogP contribution in [0.1, 0.15) is 49.6 Å². The van der Waals surface area contributed by atoms with Gasteiger partial charge < -0.3 is 10.1 Å². The summed E-state index contributed by atoms with van der Waals surface area (Å²) in [6, 6.07) is 6.37. The van der Waals surface area contributed by atoms with Crippen molar-refractivity contribution in [2.45, 2.75) is 70.8 Å². The summed E-state index contributed by atoms with van der Waals surface area (Å²) >= 11 is 1.41. The molecule has 2 atom stereocenters. The lowest BCUT2D eigenvalue weighted by atomic mass is 9.86. The Morgan fingerprint density at radius 2 is 2.03 bits per heavy atom. The number of thioether (sulfide) groups is 1. The first-order valence-corrected chi connectivity index (χ1v) is 11.6. The van der Waals surface area contributed by atoms with Gasteiger partial charge >= 0.3 is 0 Å². The number of aromatic nitrogens is 3. The van der Waals surface area contributed by atoms with E-state index in [0.717, 1.165) is 29.1 Å². The molecule has 0 saturated heterocycles. The summed E-state index contributed by atoms with van der Waals surface area (Å²) in [5.74, 6) is 2.53. The molecule has 3 rings (SSSR count). The van der Waals surface area contributed by atoms with Crippen molar-refractivity contribution in [1.82, 2.24) is 20.1 Å². The Kier molecular flexibility index (Phi) is 7.96. The fraction of sp³-hybridized carbons (Fsp3) is 0.522. The molecular formula is C23H32N4O2S. The molecule has 0 unspecified atom stereocenters. The minimum absolute atomic E-state index is 0.0558. The van der Waals surface area contributed by atoms with Crippen LogP contribution >= 0.6 is 11.8 Å². The number of hydrogen-bond donors (Lipinski definition) is 1. The van der Waals surface area contributed by atoms with Gasteiger partial charge in [-0.05, 0) is 43.7 Å². The lowest BCUT2D eigenvalue weighted by Gasteiger charge is -2.29. The number of carbonyl (C=O) groups excluding carboxylic acids is 1. The van der Waals surface area contributed by atoms with Crippen molar-refractivity contribution >= 4 is 17.7 Å². The van der Waals surface area contributed by atoms with Crippen LogP contribution in [0, 0.1) is 19.8 Å². The zero-order valence-corrected chi connectivity index (χ0v) is 19.0. The van der Waals surface area contributed by atoms with Crippen LogP contribution in [-0.2, 0) is 17.9 Å². The Hall–Kier alpha value is -2.28. The Morgan fingerprint density at radius 1 is 1.30 bits per heavy atom. The molecule has 30 heavy (non-hydrogen) atoms. The fourth-order valence-corrected chi connectivity index (χ4v) is 4.70. The number of rotatable bonds is 9. The second-order valence-corrected chi connectivity index (χ2v) is 8.97. The van der Waals surface area contributed by atoms with Crippen LogP contribution in [-0.4, -0.2) is 32.5 Å². The number of hydrogen-bond acceptors (Lipinski definition) is 5. The van der Waals surface area contributed by atoms with Crippen LogP contribution in [0.2, 0.25) is 0 Å². The SMILES string of the molecule is C=CCn1c(COc2c(C)cccc2C)nnc1SCC(=O)N[C@H]1CCCC[C@H]1C. The number of ether oxygens (including phenoxy) is 1. The van der Waals surface area contributed by atoms with Gasteiger partial charge in [0.05, 0.1) is 5.75 Å². The third-order valence-electron chi connectivity index (χ3n) is 5.65. The molecule has 0 aliphatic heterocycles. The van der Waals surface area contributed by atoms with E-state index in [1.54, 1.807) is 6.08 Å². The standard InChI is InChI=1S/C23H32N4O2S/c1-5-13-27-20(14-29-22-17(3)10-8-11-18(22)4)25-26-23(27)30-15-21(28)24-19-12-7-6-9-16(19)2/h5,8,10-11,16,19H,1,6-7,9,12-15H2,2-4H3,(H,24,28)/t16-,19+/m1/s1. The molecule has 1 aliphatic carbocycles. The number of amides is 1. The van der Waals surface area contributed by atoms with E-state index >= 15 is 0 Å². The predicted molar refractivity (Wildman–Crippen MR) is 121 cm³/mol.